The molecular formula is C31H39N6O8P. The molecule has 0 bridgehead atoms. The highest BCUT2D eigenvalue weighted by molar-refractivity contribution is 7.70. The van der Waals surface area contributed by atoms with Crippen molar-refractivity contribution in [1.29, 1.82) is 5.26 Å². The number of hydrogen-bond acceptors (Lipinski definition) is 13. The van der Waals surface area contributed by atoms with Crippen molar-refractivity contribution in [3.8, 4) is 11.8 Å². The van der Waals surface area contributed by atoms with Gasteiger partial charge in [0.2, 0.25) is 5.60 Å². The summed E-state index contributed by atoms with van der Waals surface area (Å²) in [4.78, 5) is 20.8. The zero-order valence-corrected chi connectivity index (χ0v) is 27.3. The van der Waals surface area contributed by atoms with Gasteiger partial charge in [-0.3, -0.25) is 9.52 Å². The molecule has 2 N–H and O–H groups in total. The number of anilines is 1. The number of benzene rings is 1. The number of aliphatic imine (C=N–C) groups is 1. The van der Waals surface area contributed by atoms with E-state index >= 15 is 0 Å². The van der Waals surface area contributed by atoms with Gasteiger partial charge in [-0.15, -0.1) is 0 Å². The van der Waals surface area contributed by atoms with Gasteiger partial charge in [-0.25, -0.2) is 18.9 Å². The van der Waals surface area contributed by atoms with E-state index in [0.717, 1.165) is 18.8 Å². The largest absolute Gasteiger partial charge is 0.464 e. The molecule has 6 atom stereocenters. The number of fused-ring (bicyclic) bond motifs is 2. The molecule has 0 spiro atoms. The van der Waals surface area contributed by atoms with Crippen molar-refractivity contribution in [2.24, 2.45) is 10.9 Å². The van der Waals surface area contributed by atoms with Crippen LogP contribution in [-0.2, 0) is 38.4 Å². The van der Waals surface area contributed by atoms with Gasteiger partial charge in [0, 0.05) is 0 Å². The van der Waals surface area contributed by atoms with Gasteiger partial charge < -0.3 is 29.2 Å². The number of hydrogen-bond donors (Lipinski definition) is 1. The van der Waals surface area contributed by atoms with E-state index in [1.165, 1.54) is 17.8 Å². The average molecular weight is 655 g/mol. The third kappa shape index (κ3) is 6.79. The van der Waals surface area contributed by atoms with Gasteiger partial charge in [0.05, 0.1) is 18.9 Å². The third-order valence-electron chi connectivity index (χ3n) is 8.05. The van der Waals surface area contributed by atoms with Gasteiger partial charge in [-0.2, -0.15) is 10.4 Å². The lowest BCUT2D eigenvalue weighted by atomic mass is 9.92. The monoisotopic (exact) mass is 654 g/mol. The van der Waals surface area contributed by atoms with Crippen LogP contribution >= 0.6 is 7.60 Å². The molecule has 2 fully saturated rings. The first kappa shape index (κ1) is 33.5. The predicted octanol–water partition coefficient (Wildman–Crippen LogP) is 4.63. The van der Waals surface area contributed by atoms with Gasteiger partial charge in [0.25, 0.3) is 0 Å². The standard InChI is InChI=1S/C31H39N6O8P/c1-6-21(7-2)15-40-29(38)20(3)35-19-46(39,45-22-11-9-8-10-12-22)41-16-24-26-27(44-30(4,5)43-26)31(17-32,42-24)25-14-13-23-28(33)34-18-36-37(23)25/h8-14,18-21,24,26-27H,6-7,15-16H2,1-5H3,(H2,33,34,36)/t20-,24?,26+,27+,31-,46?/m0/s1. The number of rotatable bonds is 13. The quantitative estimate of drug-likeness (QED) is 0.153. The molecule has 2 aromatic heterocycles. The molecule has 2 aliphatic rings. The number of para-hydroxylation sites is 1. The summed E-state index contributed by atoms with van der Waals surface area (Å²) >= 11 is 0. The van der Waals surface area contributed by atoms with Crippen LogP contribution in [0.5, 0.6) is 5.75 Å². The maximum absolute atomic E-state index is 14.1. The van der Waals surface area contributed by atoms with Crippen LogP contribution in [0.25, 0.3) is 5.52 Å². The third-order valence-corrected chi connectivity index (χ3v) is 9.44. The van der Waals surface area contributed by atoms with Gasteiger partial charge in [-0.05, 0) is 51.0 Å². The Hall–Kier alpha value is -3.86. The number of nitrogens with two attached hydrogens (primary N) is 1. The summed E-state index contributed by atoms with van der Waals surface area (Å²) in [7, 11) is -4.16. The lowest BCUT2D eigenvalue weighted by molar-refractivity contribution is -0.203. The zero-order valence-electron chi connectivity index (χ0n) is 26.4. The van der Waals surface area contributed by atoms with E-state index in [1.54, 1.807) is 56.3 Å². The van der Waals surface area contributed by atoms with Crippen molar-refractivity contribution in [2.75, 3.05) is 18.9 Å². The molecule has 15 heteroatoms. The zero-order chi connectivity index (χ0) is 33.1. The maximum atomic E-state index is 14.1. The highest BCUT2D eigenvalue weighted by atomic mass is 31.2. The molecule has 0 saturated carbocycles. The molecule has 2 unspecified atom stereocenters. The van der Waals surface area contributed by atoms with Crippen LogP contribution in [0.1, 0.15) is 53.2 Å². The summed E-state index contributed by atoms with van der Waals surface area (Å²) < 4.78 is 51.5. The second-order valence-corrected chi connectivity index (χ2v) is 13.4. The van der Waals surface area contributed by atoms with E-state index in [1.807, 2.05) is 13.8 Å². The second kappa shape index (κ2) is 13.5. The molecule has 3 aromatic rings. The number of carbonyl (C=O) groups excluding carboxylic acids is 1. The number of nitrogen functional groups attached to an aromatic ring is 1. The van der Waals surface area contributed by atoms with Crippen LogP contribution < -0.4 is 10.3 Å². The number of esters is 1. The second-order valence-electron chi connectivity index (χ2n) is 11.7. The molecular weight excluding hydrogens is 615 g/mol. The van der Waals surface area contributed by atoms with E-state index < -0.39 is 49.3 Å². The minimum absolute atomic E-state index is 0.222. The lowest BCUT2D eigenvalue weighted by Gasteiger charge is -2.29. The Balaban J connectivity index is 1.40. The fourth-order valence-corrected chi connectivity index (χ4v) is 6.74. The molecule has 5 rings (SSSR count). The Morgan fingerprint density at radius 2 is 1.93 bits per heavy atom. The molecule has 2 aliphatic heterocycles. The van der Waals surface area contributed by atoms with Crippen LogP contribution in [0, 0.1) is 17.2 Å². The summed E-state index contributed by atoms with van der Waals surface area (Å²) in [5.74, 6) is 0.0987. The summed E-state index contributed by atoms with van der Waals surface area (Å²) in [6.45, 7) is 8.98. The molecule has 1 aromatic carbocycles. The van der Waals surface area contributed by atoms with E-state index in [4.69, 9.17) is 33.7 Å². The molecule has 14 nitrogen and oxygen atoms in total. The van der Waals surface area contributed by atoms with Crippen molar-refractivity contribution in [1.82, 2.24) is 14.6 Å². The predicted molar refractivity (Wildman–Crippen MR) is 167 cm³/mol. The van der Waals surface area contributed by atoms with Crippen LogP contribution in [0.2, 0.25) is 0 Å². The molecule has 0 amide bonds. The minimum Gasteiger partial charge on any atom is -0.464 e. The van der Waals surface area contributed by atoms with Crippen molar-refractivity contribution >= 4 is 30.9 Å². The van der Waals surface area contributed by atoms with Crippen molar-refractivity contribution in [3.05, 3.63) is 54.5 Å². The van der Waals surface area contributed by atoms with Crippen LogP contribution in [0.4, 0.5) is 5.82 Å². The fourth-order valence-electron chi connectivity index (χ4n) is 5.44. The van der Waals surface area contributed by atoms with Gasteiger partial charge >= 0.3 is 13.6 Å². The molecule has 246 valence electrons. The average Bonchev–Trinajstić information content (AvgIpc) is 3.70. The van der Waals surface area contributed by atoms with Gasteiger partial charge in [-0.1, -0.05) is 44.9 Å². The molecule has 0 radical (unpaired) electrons. The Labute approximate surface area is 267 Å². The van der Waals surface area contributed by atoms with E-state index in [9.17, 15) is 14.6 Å². The fraction of sp³-hybridized carbons (Fsp3) is 0.516. The highest BCUT2D eigenvalue weighted by Crippen LogP contribution is 2.52. The highest BCUT2D eigenvalue weighted by Gasteiger charge is 2.65. The van der Waals surface area contributed by atoms with Crippen molar-refractivity contribution in [2.45, 2.75) is 83.2 Å². The Bertz CT molecular complexity index is 1660. The Morgan fingerprint density at radius 3 is 2.63 bits per heavy atom. The van der Waals surface area contributed by atoms with E-state index in [0.29, 0.717) is 11.2 Å². The Kier molecular flexibility index (Phi) is 9.81. The topological polar surface area (TPSA) is 182 Å². The molecule has 0 aliphatic carbocycles. The van der Waals surface area contributed by atoms with Crippen LogP contribution in [-0.4, -0.2) is 69.9 Å². The normalized spacial score (nSPS) is 25.7. The number of carbonyl (C=O) groups is 1. The SMILES string of the molecule is CCC(CC)COC(=O)[C@H](C)N=CP(=O)(OCC1O[C@@](C#N)(c2ccc3c(N)ncnn23)[C@@H]2OC(C)(C)O[C@H]12)Oc1ccccc1. The summed E-state index contributed by atoms with van der Waals surface area (Å²) in [6.07, 6.45) is 0.367. The van der Waals surface area contributed by atoms with Gasteiger partial charge in [0.15, 0.2) is 11.6 Å². The van der Waals surface area contributed by atoms with E-state index in [2.05, 4.69) is 21.1 Å². The number of ether oxygens (including phenoxy) is 4. The van der Waals surface area contributed by atoms with Gasteiger partial charge in [0.1, 0.15) is 54.0 Å². The first-order chi connectivity index (χ1) is 21.9. The Morgan fingerprint density at radius 1 is 1.20 bits per heavy atom. The maximum Gasteiger partial charge on any atom is 0.421 e. The number of nitrogens with zero attached hydrogens (tertiary/aromatic N) is 5. The van der Waals surface area contributed by atoms with Crippen LogP contribution in [0.15, 0.2) is 53.8 Å². The molecule has 4 heterocycles. The smallest absolute Gasteiger partial charge is 0.421 e. The molecule has 46 heavy (non-hydrogen) atoms. The number of aromatic nitrogens is 3. The summed E-state index contributed by atoms with van der Waals surface area (Å²) in [6, 6.07) is 13.1. The minimum atomic E-state index is -4.16. The molecule has 2 saturated heterocycles. The first-order valence-corrected chi connectivity index (χ1v) is 16.8. The lowest BCUT2D eigenvalue weighted by Crippen LogP contribution is -2.40. The van der Waals surface area contributed by atoms with Crippen LogP contribution in [0.3, 0.4) is 0 Å². The number of nitriles is 1. The summed E-state index contributed by atoms with van der Waals surface area (Å²) in [5, 5.41) is 14.9. The van der Waals surface area contributed by atoms with Crippen molar-refractivity contribution < 1.29 is 37.4 Å². The van der Waals surface area contributed by atoms with E-state index in [-0.39, 0.29) is 30.7 Å². The summed E-state index contributed by atoms with van der Waals surface area (Å²) in [5.41, 5.74) is 5.17. The first-order valence-electron chi connectivity index (χ1n) is 15.2. The van der Waals surface area contributed by atoms with Crippen molar-refractivity contribution in [3.63, 3.8) is 0 Å².